The van der Waals surface area contributed by atoms with Crippen LogP contribution >= 0.6 is 0 Å². The lowest BCUT2D eigenvalue weighted by Gasteiger charge is -2.00. The molecule has 2 N–H and O–H groups in total. The SMILES string of the molecule is Oc1cc(O)c2cncc(F)c2n1. The molecule has 66 valence electrons. The molecule has 13 heavy (non-hydrogen) atoms. The van der Waals surface area contributed by atoms with Crippen molar-refractivity contribution in [3.8, 4) is 11.6 Å². The van der Waals surface area contributed by atoms with Gasteiger partial charge in [-0.3, -0.25) is 4.98 Å². The third-order valence-electron chi connectivity index (χ3n) is 1.64. The first-order valence-electron chi connectivity index (χ1n) is 3.50. The summed E-state index contributed by atoms with van der Waals surface area (Å²) in [7, 11) is 0. The molecule has 0 aliphatic heterocycles. The molecule has 2 aromatic heterocycles. The Kier molecular flexibility index (Phi) is 1.51. The zero-order valence-electron chi connectivity index (χ0n) is 6.40. The number of rotatable bonds is 0. The Hall–Kier alpha value is -1.91. The number of pyridine rings is 2. The second kappa shape index (κ2) is 2.55. The number of aromatic hydroxyl groups is 2. The Morgan fingerprint density at radius 3 is 2.77 bits per heavy atom. The molecule has 0 fully saturated rings. The van der Waals surface area contributed by atoms with Crippen LogP contribution in [0.3, 0.4) is 0 Å². The van der Waals surface area contributed by atoms with E-state index in [2.05, 4.69) is 9.97 Å². The molecule has 0 saturated carbocycles. The summed E-state index contributed by atoms with van der Waals surface area (Å²) in [5.41, 5.74) is -0.0903. The standard InChI is InChI=1S/C8H5FN2O2/c9-5-3-10-2-4-6(12)1-7(13)11-8(4)5/h1-3H,(H2,11,12,13). The monoisotopic (exact) mass is 180 g/mol. The molecule has 0 spiro atoms. The Bertz CT molecular complexity index is 473. The van der Waals surface area contributed by atoms with Crippen molar-refractivity contribution in [2.75, 3.05) is 0 Å². The molecule has 0 aliphatic carbocycles. The van der Waals surface area contributed by atoms with Crippen LogP contribution in [0.1, 0.15) is 0 Å². The molecule has 2 rings (SSSR count). The van der Waals surface area contributed by atoms with Crippen LogP contribution in [-0.2, 0) is 0 Å². The molecule has 0 radical (unpaired) electrons. The zero-order chi connectivity index (χ0) is 9.42. The molecular weight excluding hydrogens is 175 g/mol. The van der Waals surface area contributed by atoms with E-state index >= 15 is 0 Å². The summed E-state index contributed by atoms with van der Waals surface area (Å²) in [6.07, 6.45) is 2.24. The Labute approximate surface area is 72.3 Å². The van der Waals surface area contributed by atoms with Crippen LogP contribution in [0.25, 0.3) is 10.9 Å². The van der Waals surface area contributed by atoms with Crippen molar-refractivity contribution in [1.82, 2.24) is 9.97 Å². The van der Waals surface area contributed by atoms with Gasteiger partial charge >= 0.3 is 0 Å². The second-order valence-corrected chi connectivity index (χ2v) is 2.52. The molecule has 2 aromatic rings. The van der Waals surface area contributed by atoms with Crippen molar-refractivity contribution in [2.24, 2.45) is 0 Å². The van der Waals surface area contributed by atoms with E-state index in [1.165, 1.54) is 6.20 Å². The molecule has 0 amide bonds. The number of aromatic nitrogens is 2. The number of nitrogens with zero attached hydrogens (tertiary/aromatic N) is 2. The van der Waals surface area contributed by atoms with E-state index in [1.54, 1.807) is 0 Å². The first-order chi connectivity index (χ1) is 6.18. The fourth-order valence-corrected chi connectivity index (χ4v) is 1.08. The third-order valence-corrected chi connectivity index (χ3v) is 1.64. The smallest absolute Gasteiger partial charge is 0.215 e. The fraction of sp³-hybridized carbons (Fsp3) is 0. The maximum Gasteiger partial charge on any atom is 0.215 e. The predicted molar refractivity (Wildman–Crippen MR) is 42.8 cm³/mol. The Balaban J connectivity index is 2.94. The van der Waals surface area contributed by atoms with Gasteiger partial charge in [-0.25, -0.2) is 9.37 Å². The summed E-state index contributed by atoms with van der Waals surface area (Å²) in [5, 5.41) is 18.4. The van der Waals surface area contributed by atoms with Gasteiger partial charge in [0.2, 0.25) is 5.88 Å². The normalized spacial score (nSPS) is 10.5. The van der Waals surface area contributed by atoms with Gasteiger partial charge in [-0.05, 0) is 0 Å². The van der Waals surface area contributed by atoms with Crippen molar-refractivity contribution in [3.05, 3.63) is 24.3 Å². The van der Waals surface area contributed by atoms with Crippen molar-refractivity contribution in [2.45, 2.75) is 0 Å². The first kappa shape index (κ1) is 7.72. The van der Waals surface area contributed by atoms with Gasteiger partial charge in [-0.2, -0.15) is 0 Å². The highest BCUT2D eigenvalue weighted by Gasteiger charge is 2.08. The van der Waals surface area contributed by atoms with Gasteiger partial charge in [0.15, 0.2) is 5.82 Å². The summed E-state index contributed by atoms with van der Waals surface area (Å²) < 4.78 is 13.0. The number of hydrogen-bond donors (Lipinski definition) is 2. The lowest BCUT2D eigenvalue weighted by molar-refractivity contribution is 0.439. The topological polar surface area (TPSA) is 66.2 Å². The van der Waals surface area contributed by atoms with Crippen LogP contribution in [-0.4, -0.2) is 20.2 Å². The first-order valence-corrected chi connectivity index (χ1v) is 3.50. The van der Waals surface area contributed by atoms with E-state index in [1.807, 2.05) is 0 Å². The summed E-state index contributed by atoms with van der Waals surface area (Å²) in [5.74, 6) is -1.34. The zero-order valence-corrected chi connectivity index (χ0v) is 6.40. The van der Waals surface area contributed by atoms with E-state index in [0.29, 0.717) is 0 Å². The Morgan fingerprint density at radius 2 is 2.00 bits per heavy atom. The summed E-state index contributed by atoms with van der Waals surface area (Å²) in [4.78, 5) is 7.06. The lowest BCUT2D eigenvalue weighted by Crippen LogP contribution is -1.86. The Morgan fingerprint density at radius 1 is 1.23 bits per heavy atom. The van der Waals surface area contributed by atoms with E-state index in [-0.39, 0.29) is 16.7 Å². The van der Waals surface area contributed by atoms with Crippen molar-refractivity contribution in [1.29, 1.82) is 0 Å². The van der Waals surface area contributed by atoms with E-state index in [9.17, 15) is 9.50 Å². The number of halogens is 1. The average Bonchev–Trinajstić information content (AvgIpc) is 2.07. The van der Waals surface area contributed by atoms with Crippen molar-refractivity contribution >= 4 is 10.9 Å². The van der Waals surface area contributed by atoms with Crippen molar-refractivity contribution < 1.29 is 14.6 Å². The quantitative estimate of drug-likeness (QED) is 0.638. The maximum absolute atomic E-state index is 13.0. The van der Waals surface area contributed by atoms with Crippen LogP contribution in [0.5, 0.6) is 11.6 Å². The van der Waals surface area contributed by atoms with E-state index in [0.717, 1.165) is 12.3 Å². The minimum Gasteiger partial charge on any atom is -0.507 e. The molecule has 0 aromatic carbocycles. The van der Waals surface area contributed by atoms with Gasteiger partial charge in [0.25, 0.3) is 0 Å². The summed E-state index contributed by atoms with van der Waals surface area (Å²) in [6, 6.07) is 1.03. The summed E-state index contributed by atoms with van der Waals surface area (Å²) >= 11 is 0. The van der Waals surface area contributed by atoms with Gasteiger partial charge in [0, 0.05) is 12.3 Å². The maximum atomic E-state index is 13.0. The molecule has 0 aliphatic rings. The highest BCUT2D eigenvalue weighted by atomic mass is 19.1. The largest absolute Gasteiger partial charge is 0.507 e. The van der Waals surface area contributed by atoms with Crippen LogP contribution < -0.4 is 0 Å². The number of fused-ring (bicyclic) bond motifs is 1. The highest BCUT2D eigenvalue weighted by molar-refractivity contribution is 5.84. The number of hydrogen-bond acceptors (Lipinski definition) is 4. The summed E-state index contributed by atoms with van der Waals surface area (Å²) in [6.45, 7) is 0. The van der Waals surface area contributed by atoms with Crippen LogP contribution in [0, 0.1) is 5.82 Å². The molecule has 2 heterocycles. The predicted octanol–water partition coefficient (Wildman–Crippen LogP) is 1.18. The molecule has 0 unspecified atom stereocenters. The lowest BCUT2D eigenvalue weighted by atomic mass is 10.2. The van der Waals surface area contributed by atoms with Gasteiger partial charge in [-0.15, -0.1) is 0 Å². The van der Waals surface area contributed by atoms with E-state index in [4.69, 9.17) is 5.11 Å². The van der Waals surface area contributed by atoms with Crippen LogP contribution in [0.2, 0.25) is 0 Å². The minimum atomic E-state index is -0.677. The van der Waals surface area contributed by atoms with Gasteiger partial charge < -0.3 is 10.2 Å². The fourth-order valence-electron chi connectivity index (χ4n) is 1.08. The molecule has 0 saturated heterocycles. The van der Waals surface area contributed by atoms with Gasteiger partial charge in [-0.1, -0.05) is 0 Å². The molecular formula is C8H5FN2O2. The van der Waals surface area contributed by atoms with E-state index < -0.39 is 11.7 Å². The third kappa shape index (κ3) is 1.14. The van der Waals surface area contributed by atoms with Gasteiger partial charge in [0.1, 0.15) is 11.3 Å². The van der Waals surface area contributed by atoms with Crippen molar-refractivity contribution in [3.63, 3.8) is 0 Å². The molecule has 5 heteroatoms. The molecule has 0 bridgehead atoms. The van der Waals surface area contributed by atoms with Gasteiger partial charge in [0.05, 0.1) is 11.6 Å². The molecule has 0 atom stereocenters. The van der Waals surface area contributed by atoms with Crippen LogP contribution in [0.4, 0.5) is 4.39 Å². The molecule has 4 nitrogen and oxygen atoms in total. The second-order valence-electron chi connectivity index (χ2n) is 2.52. The minimum absolute atomic E-state index is 0.0903. The average molecular weight is 180 g/mol. The van der Waals surface area contributed by atoms with Crippen LogP contribution in [0.15, 0.2) is 18.5 Å². The highest BCUT2D eigenvalue weighted by Crippen LogP contribution is 2.26.